The third kappa shape index (κ3) is 3.34. The van der Waals surface area contributed by atoms with E-state index in [4.69, 9.17) is 5.73 Å². The normalized spacial score (nSPS) is 11.6. The van der Waals surface area contributed by atoms with Crippen molar-refractivity contribution in [3.05, 3.63) is 11.8 Å². The van der Waals surface area contributed by atoms with Crippen LogP contribution < -0.4 is 10.6 Å². The first-order valence-corrected chi connectivity index (χ1v) is 5.40. The summed E-state index contributed by atoms with van der Waals surface area (Å²) in [4.78, 5) is 10.1. The summed E-state index contributed by atoms with van der Waals surface area (Å²) in [6.07, 6.45) is 1.70. The molecule has 1 aromatic rings. The number of hydrogen-bond acceptors (Lipinski definition) is 5. The van der Waals surface area contributed by atoms with Crippen LogP contribution in [0.4, 0.5) is 11.8 Å². The predicted molar refractivity (Wildman–Crippen MR) is 65.4 cm³/mol. The van der Waals surface area contributed by atoms with Crippen LogP contribution in [0.2, 0.25) is 0 Å². The highest BCUT2D eigenvalue weighted by molar-refractivity contribution is 5.48. The standard InChI is InChI=1S/C11H20N4O/c1-5-15(7-11(3,4)16)9-8(2)6-13-10(12)14-9/h6,16H,5,7H2,1-4H3,(H2,12,13,14). The molecule has 5 heteroatoms. The lowest BCUT2D eigenvalue weighted by Crippen LogP contribution is -2.39. The summed E-state index contributed by atoms with van der Waals surface area (Å²) >= 11 is 0. The van der Waals surface area contributed by atoms with Gasteiger partial charge in [-0.15, -0.1) is 0 Å². The van der Waals surface area contributed by atoms with E-state index >= 15 is 0 Å². The van der Waals surface area contributed by atoms with Gasteiger partial charge in [0.1, 0.15) is 5.82 Å². The topological polar surface area (TPSA) is 75.3 Å². The number of rotatable bonds is 4. The van der Waals surface area contributed by atoms with Gasteiger partial charge in [0, 0.05) is 24.8 Å². The predicted octanol–water partition coefficient (Wildman–Crippen LogP) is 0.964. The largest absolute Gasteiger partial charge is 0.389 e. The highest BCUT2D eigenvalue weighted by atomic mass is 16.3. The van der Waals surface area contributed by atoms with Crippen LogP contribution in [0, 0.1) is 6.92 Å². The number of hydrogen-bond donors (Lipinski definition) is 2. The van der Waals surface area contributed by atoms with E-state index in [1.54, 1.807) is 20.0 Å². The Balaban J connectivity index is 2.99. The van der Waals surface area contributed by atoms with Gasteiger partial charge in [-0.25, -0.2) is 4.98 Å². The summed E-state index contributed by atoms with van der Waals surface area (Å²) in [7, 11) is 0. The first-order valence-electron chi connectivity index (χ1n) is 5.40. The maximum Gasteiger partial charge on any atom is 0.221 e. The zero-order valence-corrected chi connectivity index (χ0v) is 10.4. The summed E-state index contributed by atoms with van der Waals surface area (Å²) in [5.41, 5.74) is 5.77. The second-order valence-electron chi connectivity index (χ2n) is 4.56. The quantitative estimate of drug-likeness (QED) is 0.797. The number of nitrogen functional groups attached to an aromatic ring is 1. The molecular formula is C11H20N4O. The smallest absolute Gasteiger partial charge is 0.221 e. The first-order chi connectivity index (χ1) is 7.33. The fourth-order valence-electron chi connectivity index (χ4n) is 1.57. The molecule has 0 fully saturated rings. The number of anilines is 2. The Kier molecular flexibility index (Phi) is 3.70. The van der Waals surface area contributed by atoms with Gasteiger partial charge in [-0.05, 0) is 27.7 Å². The third-order valence-electron chi connectivity index (χ3n) is 2.22. The number of likely N-dealkylation sites (N-methyl/N-ethyl adjacent to an activating group) is 1. The highest BCUT2D eigenvalue weighted by Gasteiger charge is 2.19. The maximum atomic E-state index is 9.82. The molecule has 0 unspecified atom stereocenters. The number of nitrogens with two attached hydrogens (primary N) is 1. The summed E-state index contributed by atoms with van der Waals surface area (Å²) in [6, 6.07) is 0. The van der Waals surface area contributed by atoms with Crippen LogP contribution in [0.15, 0.2) is 6.20 Å². The van der Waals surface area contributed by atoms with Gasteiger partial charge in [0.2, 0.25) is 5.95 Å². The molecule has 3 N–H and O–H groups in total. The van der Waals surface area contributed by atoms with Crippen molar-refractivity contribution in [3.63, 3.8) is 0 Å². The molecule has 0 saturated heterocycles. The second-order valence-corrected chi connectivity index (χ2v) is 4.56. The Morgan fingerprint density at radius 2 is 2.12 bits per heavy atom. The number of aryl methyl sites for hydroxylation is 1. The van der Waals surface area contributed by atoms with Gasteiger partial charge < -0.3 is 15.7 Å². The van der Waals surface area contributed by atoms with E-state index in [1.807, 2.05) is 18.7 Å². The maximum absolute atomic E-state index is 9.82. The van der Waals surface area contributed by atoms with Gasteiger partial charge in [0.25, 0.3) is 0 Å². The summed E-state index contributed by atoms with van der Waals surface area (Å²) in [6.45, 7) is 8.78. The minimum absolute atomic E-state index is 0.259. The lowest BCUT2D eigenvalue weighted by Gasteiger charge is -2.29. The van der Waals surface area contributed by atoms with Crippen LogP contribution in [-0.2, 0) is 0 Å². The minimum Gasteiger partial charge on any atom is -0.389 e. The Hall–Kier alpha value is -1.36. The Labute approximate surface area is 96.3 Å². The van der Waals surface area contributed by atoms with Crippen molar-refractivity contribution >= 4 is 11.8 Å². The van der Waals surface area contributed by atoms with Crippen molar-refractivity contribution in [2.45, 2.75) is 33.3 Å². The molecule has 0 aromatic carbocycles. The molecule has 0 bridgehead atoms. The van der Waals surface area contributed by atoms with Crippen molar-refractivity contribution in [2.75, 3.05) is 23.7 Å². The molecule has 0 saturated carbocycles. The van der Waals surface area contributed by atoms with Crippen LogP contribution in [0.3, 0.4) is 0 Å². The van der Waals surface area contributed by atoms with E-state index < -0.39 is 5.60 Å². The molecule has 0 radical (unpaired) electrons. The van der Waals surface area contributed by atoms with Crippen molar-refractivity contribution in [3.8, 4) is 0 Å². The highest BCUT2D eigenvalue weighted by Crippen LogP contribution is 2.19. The van der Waals surface area contributed by atoms with Gasteiger partial charge >= 0.3 is 0 Å². The van der Waals surface area contributed by atoms with Crippen LogP contribution in [-0.4, -0.2) is 33.8 Å². The van der Waals surface area contributed by atoms with Crippen molar-refractivity contribution in [1.29, 1.82) is 0 Å². The summed E-state index contributed by atoms with van der Waals surface area (Å²) < 4.78 is 0. The molecule has 0 aliphatic heterocycles. The lowest BCUT2D eigenvalue weighted by molar-refractivity contribution is 0.0874. The van der Waals surface area contributed by atoms with E-state index in [0.29, 0.717) is 6.54 Å². The summed E-state index contributed by atoms with van der Waals surface area (Å²) in [5.74, 6) is 1.05. The van der Waals surface area contributed by atoms with E-state index in [0.717, 1.165) is 17.9 Å². The molecule has 0 amide bonds. The van der Waals surface area contributed by atoms with Gasteiger partial charge in [-0.3, -0.25) is 0 Å². The third-order valence-corrected chi connectivity index (χ3v) is 2.22. The SMILES string of the molecule is CCN(CC(C)(C)O)c1nc(N)ncc1C. The molecule has 1 aromatic heterocycles. The average Bonchev–Trinajstić information content (AvgIpc) is 2.17. The van der Waals surface area contributed by atoms with E-state index in [2.05, 4.69) is 9.97 Å². The average molecular weight is 224 g/mol. The lowest BCUT2D eigenvalue weighted by atomic mass is 10.1. The first kappa shape index (κ1) is 12.7. The molecular weight excluding hydrogens is 204 g/mol. The molecule has 0 aliphatic rings. The zero-order chi connectivity index (χ0) is 12.3. The Bertz CT molecular complexity index is 359. The number of nitrogens with zero attached hydrogens (tertiary/aromatic N) is 3. The molecule has 0 spiro atoms. The van der Waals surface area contributed by atoms with Crippen LogP contribution in [0.5, 0.6) is 0 Å². The molecule has 0 atom stereocenters. The van der Waals surface area contributed by atoms with E-state index in [1.165, 1.54) is 0 Å². The van der Waals surface area contributed by atoms with Crippen molar-refractivity contribution in [1.82, 2.24) is 9.97 Å². The van der Waals surface area contributed by atoms with Gasteiger partial charge in [-0.1, -0.05) is 0 Å². The van der Waals surface area contributed by atoms with E-state index in [-0.39, 0.29) is 5.95 Å². The fraction of sp³-hybridized carbons (Fsp3) is 0.636. The van der Waals surface area contributed by atoms with Crippen molar-refractivity contribution < 1.29 is 5.11 Å². The molecule has 5 nitrogen and oxygen atoms in total. The Morgan fingerprint density at radius 3 is 2.62 bits per heavy atom. The minimum atomic E-state index is -0.762. The van der Waals surface area contributed by atoms with Gasteiger partial charge in [0.15, 0.2) is 0 Å². The van der Waals surface area contributed by atoms with Crippen LogP contribution in [0.1, 0.15) is 26.3 Å². The second kappa shape index (κ2) is 4.65. The molecule has 90 valence electrons. The molecule has 1 rings (SSSR count). The van der Waals surface area contributed by atoms with Crippen LogP contribution >= 0.6 is 0 Å². The number of aromatic nitrogens is 2. The van der Waals surface area contributed by atoms with Gasteiger partial charge in [-0.2, -0.15) is 4.98 Å². The molecule has 0 aliphatic carbocycles. The molecule has 1 heterocycles. The molecule has 16 heavy (non-hydrogen) atoms. The Morgan fingerprint density at radius 1 is 1.50 bits per heavy atom. The van der Waals surface area contributed by atoms with Crippen LogP contribution in [0.25, 0.3) is 0 Å². The van der Waals surface area contributed by atoms with E-state index in [9.17, 15) is 5.11 Å². The fourth-order valence-corrected chi connectivity index (χ4v) is 1.57. The zero-order valence-electron chi connectivity index (χ0n) is 10.4. The monoisotopic (exact) mass is 224 g/mol. The van der Waals surface area contributed by atoms with Crippen molar-refractivity contribution in [2.24, 2.45) is 0 Å². The van der Waals surface area contributed by atoms with Gasteiger partial charge in [0.05, 0.1) is 5.60 Å². The summed E-state index contributed by atoms with van der Waals surface area (Å²) in [5, 5.41) is 9.82. The number of aliphatic hydroxyl groups is 1.